The van der Waals surface area contributed by atoms with Crippen LogP contribution < -0.4 is 10.6 Å². The first-order valence-corrected chi connectivity index (χ1v) is 19.0. The topological polar surface area (TPSA) is 24.1 Å². The number of hydrogen-bond acceptors (Lipinski definition) is 3. The third-order valence-corrected chi connectivity index (χ3v) is 10.4. The Kier molecular flexibility index (Phi) is 11.7. The van der Waals surface area contributed by atoms with Gasteiger partial charge >= 0.3 is 0 Å². The van der Waals surface area contributed by atoms with Crippen molar-refractivity contribution in [3.8, 4) is 33.4 Å². The number of benzene rings is 6. The number of nitrogens with one attached hydrogen (secondary N) is 2. The number of anilines is 2. The molecule has 1 aliphatic rings. The van der Waals surface area contributed by atoms with Crippen molar-refractivity contribution >= 4 is 35.1 Å². The second-order valence-corrected chi connectivity index (χ2v) is 14.0. The molecule has 0 amide bonds. The summed E-state index contributed by atoms with van der Waals surface area (Å²) in [5.74, 6) is 0.455. The molecule has 0 saturated carbocycles. The van der Waals surface area contributed by atoms with Gasteiger partial charge in [0.15, 0.2) is 0 Å². The van der Waals surface area contributed by atoms with Gasteiger partial charge in [0.1, 0.15) is 0 Å². The zero-order valence-electron chi connectivity index (χ0n) is 30.4. The van der Waals surface area contributed by atoms with Crippen LogP contribution in [0.25, 0.3) is 44.5 Å². The fraction of sp³-hybridized carbons (Fsp3) is 0.120. The highest BCUT2D eigenvalue weighted by molar-refractivity contribution is 7.80. The van der Waals surface area contributed by atoms with Gasteiger partial charge < -0.3 is 10.6 Å². The van der Waals surface area contributed by atoms with Crippen LogP contribution in [-0.2, 0) is 0 Å². The van der Waals surface area contributed by atoms with Crippen LogP contribution in [0.4, 0.5) is 11.4 Å². The highest BCUT2D eigenvalue weighted by atomic mass is 32.1. The third kappa shape index (κ3) is 9.07. The molecule has 1 aliphatic carbocycles. The van der Waals surface area contributed by atoms with Crippen LogP contribution in [0.1, 0.15) is 31.4 Å². The summed E-state index contributed by atoms with van der Waals surface area (Å²) >= 11 is 4.76. The van der Waals surface area contributed by atoms with Crippen LogP contribution in [0.2, 0.25) is 0 Å². The lowest BCUT2D eigenvalue weighted by Gasteiger charge is -2.21. The molecule has 0 heterocycles. The van der Waals surface area contributed by atoms with Crippen molar-refractivity contribution in [3.05, 3.63) is 199 Å². The van der Waals surface area contributed by atoms with Crippen LogP contribution >= 0.6 is 12.6 Å². The van der Waals surface area contributed by atoms with Crippen LogP contribution in [0.5, 0.6) is 0 Å². The summed E-state index contributed by atoms with van der Waals surface area (Å²) in [4.78, 5) is 0.978. The fourth-order valence-electron chi connectivity index (χ4n) is 6.86. The van der Waals surface area contributed by atoms with Crippen LogP contribution in [0.15, 0.2) is 193 Å². The molecule has 0 spiro atoms. The summed E-state index contributed by atoms with van der Waals surface area (Å²) in [6.45, 7) is 5.26. The molecule has 0 saturated heterocycles. The van der Waals surface area contributed by atoms with E-state index in [-0.39, 0.29) is 0 Å². The molecule has 0 bridgehead atoms. The predicted molar refractivity (Wildman–Crippen MR) is 232 cm³/mol. The van der Waals surface area contributed by atoms with Gasteiger partial charge in [-0.3, -0.25) is 0 Å². The number of rotatable bonds is 12. The van der Waals surface area contributed by atoms with Crippen LogP contribution in [0, 0.1) is 5.92 Å². The van der Waals surface area contributed by atoms with Gasteiger partial charge in [-0.15, -0.1) is 12.6 Å². The zero-order chi connectivity index (χ0) is 36.4. The number of thiol groups is 1. The first kappa shape index (κ1) is 35.8. The second kappa shape index (κ2) is 17.3. The monoisotopic (exact) mass is 706 g/mol. The quantitative estimate of drug-likeness (QED) is 0.0872. The first-order valence-electron chi connectivity index (χ1n) is 18.6. The van der Waals surface area contributed by atoms with E-state index in [0.717, 1.165) is 40.4 Å². The lowest BCUT2D eigenvalue weighted by molar-refractivity contribution is 0.520. The summed E-state index contributed by atoms with van der Waals surface area (Å²) < 4.78 is 0. The van der Waals surface area contributed by atoms with Crippen molar-refractivity contribution in [2.75, 3.05) is 11.9 Å². The van der Waals surface area contributed by atoms with E-state index in [0.29, 0.717) is 12.0 Å². The maximum Gasteiger partial charge on any atom is 0.0384 e. The highest BCUT2D eigenvalue weighted by Crippen LogP contribution is 2.32. The van der Waals surface area contributed by atoms with E-state index in [1.807, 2.05) is 12.1 Å². The maximum absolute atomic E-state index is 4.76. The van der Waals surface area contributed by atoms with E-state index < -0.39 is 0 Å². The standard InChI is InChI=1S/C50H46N2S/c1-3-37(34-44(32-33-51-49-18-9-7-12-36(49)2)43-15-11-16-45(35-43)48-17-8-10-19-50(48)53)39-24-28-46(29-25-39)52-47-30-26-42(27-31-47)41-22-20-40(21-23-41)38-13-5-4-6-14-38/h4-32,34-36,49,51-53H,3,33H2,1-2H3/b37-34+,44-32+. The van der Waals surface area contributed by atoms with E-state index in [4.69, 9.17) is 12.6 Å². The lowest BCUT2D eigenvalue weighted by atomic mass is 9.94. The van der Waals surface area contributed by atoms with Gasteiger partial charge in [-0.05, 0) is 104 Å². The second-order valence-electron chi connectivity index (χ2n) is 13.6. The molecule has 262 valence electrons. The smallest absolute Gasteiger partial charge is 0.0384 e. The molecular weight excluding hydrogens is 661 g/mol. The van der Waals surface area contributed by atoms with Gasteiger partial charge in [-0.25, -0.2) is 0 Å². The molecule has 53 heavy (non-hydrogen) atoms. The molecule has 0 fully saturated rings. The summed E-state index contributed by atoms with van der Waals surface area (Å²) in [5, 5.41) is 7.34. The van der Waals surface area contributed by atoms with E-state index in [1.54, 1.807) is 0 Å². The summed E-state index contributed by atoms with van der Waals surface area (Å²) in [6, 6.07) is 54.2. The third-order valence-electron chi connectivity index (χ3n) is 9.96. The summed E-state index contributed by atoms with van der Waals surface area (Å²) in [5.41, 5.74) is 14.2. The lowest BCUT2D eigenvalue weighted by Crippen LogP contribution is -2.33. The molecule has 0 aromatic heterocycles. The highest BCUT2D eigenvalue weighted by Gasteiger charge is 2.13. The van der Waals surface area contributed by atoms with Crippen molar-refractivity contribution in [1.29, 1.82) is 0 Å². The number of hydrogen-bond donors (Lipinski definition) is 3. The summed E-state index contributed by atoms with van der Waals surface area (Å²) in [7, 11) is 0. The van der Waals surface area contributed by atoms with Crippen molar-refractivity contribution in [2.24, 2.45) is 5.92 Å². The largest absolute Gasteiger partial charge is 0.356 e. The van der Waals surface area contributed by atoms with E-state index in [1.165, 1.54) is 44.5 Å². The van der Waals surface area contributed by atoms with Gasteiger partial charge in [-0.1, -0.05) is 166 Å². The molecule has 3 heteroatoms. The molecule has 2 unspecified atom stereocenters. The molecule has 2 nitrogen and oxygen atoms in total. The molecule has 6 aromatic carbocycles. The minimum Gasteiger partial charge on any atom is -0.356 e. The van der Waals surface area contributed by atoms with Gasteiger partial charge in [0.2, 0.25) is 0 Å². The van der Waals surface area contributed by atoms with Gasteiger partial charge in [0, 0.05) is 28.9 Å². The van der Waals surface area contributed by atoms with E-state index >= 15 is 0 Å². The fourth-order valence-corrected chi connectivity index (χ4v) is 7.15. The minimum atomic E-state index is 0.317. The molecule has 7 rings (SSSR count). The predicted octanol–water partition coefficient (Wildman–Crippen LogP) is 13.3. The minimum absolute atomic E-state index is 0.317. The maximum atomic E-state index is 4.76. The number of allylic oxidation sites excluding steroid dienone is 5. The van der Waals surface area contributed by atoms with Crippen molar-refractivity contribution < 1.29 is 0 Å². The molecule has 2 atom stereocenters. The SMILES string of the molecule is CC/C(=C\C(=C/CNC1C=CC=CC1C)c1cccc(-c2ccccc2S)c1)c1ccc(Nc2ccc(-c3ccc(-c4ccccc4)cc3)cc2)cc1. The Hall–Kier alpha value is -5.61. The average molecular weight is 707 g/mol. The van der Waals surface area contributed by atoms with Crippen molar-refractivity contribution in [3.63, 3.8) is 0 Å². The summed E-state index contributed by atoms with van der Waals surface area (Å²) in [6.07, 6.45) is 14.4. The molecular formula is C50H46N2S. The van der Waals surface area contributed by atoms with Crippen LogP contribution in [0.3, 0.4) is 0 Å². The molecule has 2 N–H and O–H groups in total. The average Bonchev–Trinajstić information content (AvgIpc) is 3.21. The first-order chi connectivity index (χ1) is 26.0. The van der Waals surface area contributed by atoms with E-state index in [9.17, 15) is 0 Å². The Morgan fingerprint density at radius 1 is 0.604 bits per heavy atom. The van der Waals surface area contributed by atoms with Gasteiger partial charge in [-0.2, -0.15) is 0 Å². The Morgan fingerprint density at radius 3 is 1.85 bits per heavy atom. The molecule has 0 radical (unpaired) electrons. The normalized spacial score (nSPS) is 15.8. The van der Waals surface area contributed by atoms with Gasteiger partial charge in [0.25, 0.3) is 0 Å². The van der Waals surface area contributed by atoms with Crippen molar-refractivity contribution in [2.45, 2.75) is 31.2 Å². The Morgan fingerprint density at radius 2 is 1.19 bits per heavy atom. The Bertz CT molecular complexity index is 2240. The van der Waals surface area contributed by atoms with E-state index in [2.05, 4.69) is 200 Å². The van der Waals surface area contributed by atoms with Crippen molar-refractivity contribution in [1.82, 2.24) is 5.32 Å². The zero-order valence-corrected chi connectivity index (χ0v) is 31.3. The molecule has 6 aromatic rings. The Balaban J connectivity index is 1.08. The van der Waals surface area contributed by atoms with Crippen LogP contribution in [-0.4, -0.2) is 12.6 Å². The van der Waals surface area contributed by atoms with Gasteiger partial charge in [0.05, 0.1) is 0 Å². The molecule has 0 aliphatic heterocycles. The Labute approximate surface area is 320 Å².